The van der Waals surface area contributed by atoms with Gasteiger partial charge < -0.3 is 15.2 Å². The van der Waals surface area contributed by atoms with E-state index in [9.17, 15) is 5.11 Å². The van der Waals surface area contributed by atoms with Crippen LogP contribution in [0.5, 0.6) is 0 Å². The molecule has 0 heterocycles. The second kappa shape index (κ2) is 6.80. The Morgan fingerprint density at radius 3 is 2.93 bits per heavy atom. The van der Waals surface area contributed by atoms with Crippen LogP contribution in [0, 0.1) is 0 Å². The Morgan fingerprint density at radius 1 is 1.53 bits per heavy atom. The molecule has 84 valence electrons. The van der Waals surface area contributed by atoms with Gasteiger partial charge in [0, 0.05) is 18.7 Å². The van der Waals surface area contributed by atoms with Crippen LogP contribution in [0.2, 0.25) is 5.02 Å². The van der Waals surface area contributed by atoms with Crippen molar-refractivity contribution in [3.05, 3.63) is 34.9 Å². The predicted molar refractivity (Wildman–Crippen MR) is 61.2 cm³/mol. The van der Waals surface area contributed by atoms with Crippen molar-refractivity contribution in [1.29, 1.82) is 0 Å². The Bertz CT molecular complexity index is 294. The van der Waals surface area contributed by atoms with Gasteiger partial charge in [-0.3, -0.25) is 0 Å². The first kappa shape index (κ1) is 12.5. The van der Waals surface area contributed by atoms with Crippen molar-refractivity contribution in [2.24, 2.45) is 0 Å². The lowest BCUT2D eigenvalue weighted by Crippen LogP contribution is -2.27. The van der Waals surface area contributed by atoms with E-state index in [0.717, 1.165) is 5.56 Å². The van der Waals surface area contributed by atoms with E-state index >= 15 is 0 Å². The summed E-state index contributed by atoms with van der Waals surface area (Å²) in [4.78, 5) is 0. The number of aliphatic hydroxyl groups excluding tert-OH is 1. The minimum Gasteiger partial charge on any atom is -0.394 e. The van der Waals surface area contributed by atoms with Crippen molar-refractivity contribution in [3.8, 4) is 0 Å². The van der Waals surface area contributed by atoms with Crippen LogP contribution in [0.25, 0.3) is 0 Å². The Balaban J connectivity index is 2.57. The molecule has 0 aromatic heterocycles. The molecule has 0 bridgehead atoms. The van der Waals surface area contributed by atoms with E-state index in [-0.39, 0.29) is 12.6 Å². The largest absolute Gasteiger partial charge is 0.394 e. The lowest BCUT2D eigenvalue weighted by molar-refractivity contribution is 0.184. The van der Waals surface area contributed by atoms with Gasteiger partial charge in [-0.05, 0) is 17.7 Å². The Kier molecular flexibility index (Phi) is 5.65. The summed E-state index contributed by atoms with van der Waals surface area (Å²) < 4.78 is 4.93. The second-order valence-electron chi connectivity index (χ2n) is 3.24. The Labute approximate surface area is 95.0 Å². The standard InChI is InChI=1S/C11H16ClNO2/c1-15-6-5-13-11(8-14)9-3-2-4-10(12)7-9/h2-4,7,11,13-14H,5-6,8H2,1H3. The normalized spacial score (nSPS) is 12.7. The van der Waals surface area contributed by atoms with Crippen molar-refractivity contribution in [3.63, 3.8) is 0 Å². The summed E-state index contributed by atoms with van der Waals surface area (Å²) in [5.41, 5.74) is 0.987. The molecule has 2 N–H and O–H groups in total. The molecule has 0 fully saturated rings. The number of hydrogen-bond acceptors (Lipinski definition) is 3. The smallest absolute Gasteiger partial charge is 0.0626 e. The van der Waals surface area contributed by atoms with Gasteiger partial charge in [-0.25, -0.2) is 0 Å². The summed E-state index contributed by atoms with van der Waals surface area (Å²) in [5, 5.41) is 13.1. The molecule has 0 saturated heterocycles. The molecule has 1 atom stereocenters. The minimum atomic E-state index is -0.0844. The molecule has 0 aliphatic rings. The average molecular weight is 230 g/mol. The van der Waals surface area contributed by atoms with Crippen molar-refractivity contribution in [2.75, 3.05) is 26.9 Å². The van der Waals surface area contributed by atoms with Gasteiger partial charge in [-0.1, -0.05) is 23.7 Å². The number of nitrogens with one attached hydrogen (secondary N) is 1. The van der Waals surface area contributed by atoms with Crippen LogP contribution in [0.1, 0.15) is 11.6 Å². The molecule has 0 aliphatic carbocycles. The second-order valence-corrected chi connectivity index (χ2v) is 3.67. The Morgan fingerprint density at radius 2 is 2.33 bits per heavy atom. The van der Waals surface area contributed by atoms with Crippen molar-refractivity contribution >= 4 is 11.6 Å². The zero-order valence-corrected chi connectivity index (χ0v) is 9.50. The highest BCUT2D eigenvalue weighted by molar-refractivity contribution is 6.30. The maximum Gasteiger partial charge on any atom is 0.0626 e. The van der Waals surface area contributed by atoms with Crippen LogP contribution in [-0.2, 0) is 4.74 Å². The number of methoxy groups -OCH3 is 1. The average Bonchev–Trinajstić information content (AvgIpc) is 2.24. The van der Waals surface area contributed by atoms with Gasteiger partial charge in [0.25, 0.3) is 0 Å². The van der Waals surface area contributed by atoms with Gasteiger partial charge in [-0.2, -0.15) is 0 Å². The first-order chi connectivity index (χ1) is 7.27. The molecule has 3 nitrogen and oxygen atoms in total. The summed E-state index contributed by atoms with van der Waals surface area (Å²) >= 11 is 5.87. The van der Waals surface area contributed by atoms with Crippen LogP contribution >= 0.6 is 11.6 Å². The van der Waals surface area contributed by atoms with Crippen molar-refractivity contribution in [2.45, 2.75) is 6.04 Å². The third-order valence-corrected chi connectivity index (χ3v) is 2.37. The van der Waals surface area contributed by atoms with Gasteiger partial charge in [0.15, 0.2) is 0 Å². The molecule has 1 aromatic rings. The first-order valence-electron chi connectivity index (χ1n) is 4.86. The number of ether oxygens (including phenoxy) is 1. The fourth-order valence-electron chi connectivity index (χ4n) is 1.35. The van der Waals surface area contributed by atoms with Crippen molar-refractivity contribution in [1.82, 2.24) is 5.32 Å². The molecule has 15 heavy (non-hydrogen) atoms. The first-order valence-corrected chi connectivity index (χ1v) is 5.24. The van der Waals surface area contributed by atoms with E-state index in [1.165, 1.54) is 0 Å². The summed E-state index contributed by atoms with van der Waals surface area (Å²) in [7, 11) is 1.65. The maximum atomic E-state index is 9.22. The van der Waals surface area contributed by atoms with Gasteiger partial charge in [0.1, 0.15) is 0 Å². The minimum absolute atomic E-state index is 0.0457. The van der Waals surface area contributed by atoms with E-state index in [2.05, 4.69) is 5.32 Å². The summed E-state index contributed by atoms with van der Waals surface area (Å²) in [6, 6.07) is 7.39. The molecule has 0 saturated carbocycles. The fraction of sp³-hybridized carbons (Fsp3) is 0.455. The number of hydrogen-bond donors (Lipinski definition) is 2. The SMILES string of the molecule is COCCNC(CO)c1cccc(Cl)c1. The summed E-state index contributed by atoms with van der Waals surface area (Å²) in [6.07, 6.45) is 0. The molecular weight excluding hydrogens is 214 g/mol. The highest BCUT2D eigenvalue weighted by atomic mass is 35.5. The monoisotopic (exact) mass is 229 g/mol. The van der Waals surface area contributed by atoms with E-state index in [4.69, 9.17) is 16.3 Å². The fourth-order valence-corrected chi connectivity index (χ4v) is 1.55. The summed E-state index contributed by atoms with van der Waals surface area (Å²) in [5.74, 6) is 0. The maximum absolute atomic E-state index is 9.22. The molecule has 0 amide bonds. The molecule has 0 spiro atoms. The highest BCUT2D eigenvalue weighted by Gasteiger charge is 2.09. The zero-order chi connectivity index (χ0) is 11.1. The lowest BCUT2D eigenvalue weighted by Gasteiger charge is -2.16. The van der Waals surface area contributed by atoms with Crippen molar-refractivity contribution < 1.29 is 9.84 Å². The molecule has 4 heteroatoms. The van der Waals surface area contributed by atoms with E-state index in [1.807, 2.05) is 24.3 Å². The van der Waals surface area contributed by atoms with Crippen LogP contribution in [0.4, 0.5) is 0 Å². The number of halogens is 1. The Hall–Kier alpha value is -0.610. The number of rotatable bonds is 6. The summed E-state index contributed by atoms with van der Waals surface area (Å²) in [6.45, 7) is 1.37. The van der Waals surface area contributed by atoms with E-state index in [0.29, 0.717) is 18.2 Å². The van der Waals surface area contributed by atoms with Gasteiger partial charge in [-0.15, -0.1) is 0 Å². The molecule has 1 aromatic carbocycles. The van der Waals surface area contributed by atoms with Crippen LogP contribution in [0.3, 0.4) is 0 Å². The predicted octanol–water partition coefficient (Wildman–Crippen LogP) is 1.61. The van der Waals surface area contributed by atoms with E-state index in [1.54, 1.807) is 7.11 Å². The van der Waals surface area contributed by atoms with Crippen LogP contribution < -0.4 is 5.32 Å². The third-order valence-electron chi connectivity index (χ3n) is 2.13. The number of benzene rings is 1. The third kappa shape index (κ3) is 4.18. The van der Waals surface area contributed by atoms with E-state index < -0.39 is 0 Å². The molecule has 1 rings (SSSR count). The molecule has 0 radical (unpaired) electrons. The number of aliphatic hydroxyl groups is 1. The molecular formula is C11H16ClNO2. The highest BCUT2D eigenvalue weighted by Crippen LogP contribution is 2.17. The van der Waals surface area contributed by atoms with Gasteiger partial charge >= 0.3 is 0 Å². The van der Waals surface area contributed by atoms with Gasteiger partial charge in [0.2, 0.25) is 0 Å². The van der Waals surface area contributed by atoms with Crippen LogP contribution in [0.15, 0.2) is 24.3 Å². The lowest BCUT2D eigenvalue weighted by atomic mass is 10.1. The quantitative estimate of drug-likeness (QED) is 0.729. The topological polar surface area (TPSA) is 41.5 Å². The van der Waals surface area contributed by atoms with Crippen LogP contribution in [-0.4, -0.2) is 32.0 Å². The molecule has 1 unspecified atom stereocenters. The van der Waals surface area contributed by atoms with Gasteiger partial charge in [0.05, 0.1) is 19.3 Å². The molecule has 0 aliphatic heterocycles. The zero-order valence-electron chi connectivity index (χ0n) is 8.74.